The van der Waals surface area contributed by atoms with Crippen LogP contribution >= 0.6 is 22.9 Å². The lowest BCUT2D eigenvalue weighted by molar-refractivity contribution is 0.0954. The third-order valence-corrected chi connectivity index (χ3v) is 4.49. The molecule has 0 saturated heterocycles. The topological polar surface area (TPSA) is 46.9 Å². The van der Waals surface area contributed by atoms with Crippen molar-refractivity contribution in [2.24, 2.45) is 0 Å². The number of nitrogens with zero attached hydrogens (tertiary/aromatic N) is 2. The molecule has 1 amide bonds. The van der Waals surface area contributed by atoms with Gasteiger partial charge in [0, 0.05) is 11.4 Å². The zero-order valence-electron chi connectivity index (χ0n) is 11.7. The molecular weight excluding hydrogens is 318 g/mol. The molecule has 0 bridgehead atoms. The Hall–Kier alpha value is -2.11. The first-order valence-electron chi connectivity index (χ1n) is 6.85. The number of rotatable bonds is 5. The summed E-state index contributed by atoms with van der Waals surface area (Å²) in [6.45, 7) is 0.576. The Morgan fingerprint density at radius 2 is 2.05 bits per heavy atom. The van der Waals surface area contributed by atoms with Crippen molar-refractivity contribution in [3.05, 3.63) is 69.6 Å². The van der Waals surface area contributed by atoms with Gasteiger partial charge in [-0.3, -0.25) is 4.79 Å². The maximum absolute atomic E-state index is 12.2. The molecule has 112 valence electrons. The second-order valence-corrected chi connectivity index (χ2v) is 6.07. The summed E-state index contributed by atoms with van der Waals surface area (Å²) in [5.41, 5.74) is 1.21. The van der Waals surface area contributed by atoms with Gasteiger partial charge in [-0.25, -0.2) is 4.68 Å². The summed E-state index contributed by atoms with van der Waals surface area (Å²) in [5, 5.41) is 9.41. The summed E-state index contributed by atoms with van der Waals surface area (Å²) in [6.07, 6.45) is 2.31. The molecule has 3 aromatic rings. The Labute approximate surface area is 137 Å². The highest BCUT2D eigenvalue weighted by atomic mass is 35.5. The van der Waals surface area contributed by atoms with Crippen LogP contribution in [0.2, 0.25) is 5.15 Å². The molecule has 0 saturated carbocycles. The van der Waals surface area contributed by atoms with Crippen LogP contribution in [0.15, 0.2) is 54.0 Å². The number of benzene rings is 1. The van der Waals surface area contributed by atoms with Crippen LogP contribution < -0.4 is 5.32 Å². The standard InChI is InChI=1S/C16H14ClN3OS/c17-15-14(11-19-20(15)12-5-2-1-3-6-12)16(21)18-9-8-13-7-4-10-22-13/h1-7,10-11H,8-9H2,(H,18,21). The minimum Gasteiger partial charge on any atom is -0.352 e. The van der Waals surface area contributed by atoms with Crippen molar-refractivity contribution in [3.63, 3.8) is 0 Å². The Morgan fingerprint density at radius 3 is 2.77 bits per heavy atom. The van der Waals surface area contributed by atoms with E-state index in [1.165, 1.54) is 11.1 Å². The van der Waals surface area contributed by atoms with Crippen LogP contribution in [0.25, 0.3) is 5.69 Å². The molecule has 22 heavy (non-hydrogen) atoms. The van der Waals surface area contributed by atoms with E-state index in [0.29, 0.717) is 17.3 Å². The van der Waals surface area contributed by atoms with Gasteiger partial charge in [0.15, 0.2) is 0 Å². The van der Waals surface area contributed by atoms with E-state index >= 15 is 0 Å². The molecule has 2 aromatic heterocycles. The van der Waals surface area contributed by atoms with Crippen molar-refractivity contribution in [1.82, 2.24) is 15.1 Å². The molecule has 4 nitrogen and oxygen atoms in total. The van der Waals surface area contributed by atoms with Gasteiger partial charge in [0.25, 0.3) is 5.91 Å². The first kappa shape index (κ1) is 14.8. The van der Waals surface area contributed by atoms with E-state index in [4.69, 9.17) is 11.6 Å². The fourth-order valence-electron chi connectivity index (χ4n) is 2.08. The molecule has 3 rings (SSSR count). The lowest BCUT2D eigenvalue weighted by Gasteiger charge is -2.04. The van der Waals surface area contributed by atoms with Crippen molar-refractivity contribution in [2.45, 2.75) is 6.42 Å². The second-order valence-electron chi connectivity index (χ2n) is 4.68. The van der Waals surface area contributed by atoms with E-state index in [9.17, 15) is 4.79 Å². The van der Waals surface area contributed by atoms with Crippen LogP contribution in [0, 0.1) is 0 Å². The number of carbonyl (C=O) groups excluding carboxylic acids is 1. The van der Waals surface area contributed by atoms with Crippen LogP contribution in [0.4, 0.5) is 0 Å². The van der Waals surface area contributed by atoms with Gasteiger partial charge in [0.1, 0.15) is 5.15 Å². The number of carbonyl (C=O) groups is 1. The SMILES string of the molecule is O=C(NCCc1cccs1)c1cnn(-c2ccccc2)c1Cl. The van der Waals surface area contributed by atoms with Gasteiger partial charge in [-0.05, 0) is 30.0 Å². The molecule has 0 atom stereocenters. The lowest BCUT2D eigenvalue weighted by Crippen LogP contribution is -2.25. The minimum atomic E-state index is -0.205. The molecule has 1 N–H and O–H groups in total. The van der Waals surface area contributed by atoms with E-state index in [1.807, 2.05) is 41.8 Å². The van der Waals surface area contributed by atoms with E-state index < -0.39 is 0 Å². The minimum absolute atomic E-state index is 0.205. The highest BCUT2D eigenvalue weighted by molar-refractivity contribution is 7.09. The van der Waals surface area contributed by atoms with E-state index in [2.05, 4.69) is 16.5 Å². The van der Waals surface area contributed by atoms with E-state index in [1.54, 1.807) is 16.0 Å². The number of thiophene rings is 1. The maximum atomic E-state index is 12.2. The molecule has 0 fully saturated rings. The molecular formula is C16H14ClN3OS. The Balaban J connectivity index is 1.67. The fourth-order valence-corrected chi connectivity index (χ4v) is 3.07. The monoisotopic (exact) mass is 331 g/mol. The average molecular weight is 332 g/mol. The number of hydrogen-bond donors (Lipinski definition) is 1. The van der Waals surface area contributed by atoms with Crippen LogP contribution in [-0.4, -0.2) is 22.2 Å². The van der Waals surface area contributed by atoms with Crippen molar-refractivity contribution in [1.29, 1.82) is 0 Å². The molecule has 0 radical (unpaired) electrons. The Morgan fingerprint density at radius 1 is 1.23 bits per heavy atom. The molecule has 0 unspecified atom stereocenters. The number of nitrogens with one attached hydrogen (secondary N) is 1. The first-order chi connectivity index (χ1) is 10.8. The van der Waals surface area contributed by atoms with Gasteiger partial charge in [-0.15, -0.1) is 11.3 Å². The number of amides is 1. The molecule has 0 aliphatic carbocycles. The van der Waals surface area contributed by atoms with Crippen molar-refractivity contribution in [2.75, 3.05) is 6.54 Å². The first-order valence-corrected chi connectivity index (χ1v) is 8.11. The second kappa shape index (κ2) is 6.77. The van der Waals surface area contributed by atoms with Crippen molar-refractivity contribution >= 4 is 28.8 Å². The predicted molar refractivity (Wildman–Crippen MR) is 88.9 cm³/mol. The van der Waals surface area contributed by atoms with Crippen LogP contribution in [0.5, 0.6) is 0 Å². The third kappa shape index (κ3) is 3.21. The number of para-hydroxylation sites is 1. The summed E-state index contributed by atoms with van der Waals surface area (Å²) in [6, 6.07) is 13.5. The largest absolute Gasteiger partial charge is 0.352 e. The van der Waals surface area contributed by atoms with Crippen LogP contribution in [0.3, 0.4) is 0 Å². The Kier molecular flexibility index (Phi) is 4.56. The zero-order valence-corrected chi connectivity index (χ0v) is 13.3. The number of aromatic nitrogens is 2. The molecule has 6 heteroatoms. The summed E-state index contributed by atoms with van der Waals surface area (Å²) >= 11 is 7.96. The lowest BCUT2D eigenvalue weighted by atomic mass is 10.3. The predicted octanol–water partition coefficient (Wildman–Crippen LogP) is 3.56. The van der Waals surface area contributed by atoms with Gasteiger partial charge in [0.05, 0.1) is 17.4 Å². The highest BCUT2D eigenvalue weighted by Crippen LogP contribution is 2.20. The van der Waals surface area contributed by atoms with Gasteiger partial charge >= 0.3 is 0 Å². The third-order valence-electron chi connectivity index (χ3n) is 3.19. The highest BCUT2D eigenvalue weighted by Gasteiger charge is 2.16. The summed E-state index contributed by atoms with van der Waals surface area (Å²) < 4.78 is 1.55. The van der Waals surface area contributed by atoms with Crippen LogP contribution in [-0.2, 0) is 6.42 Å². The van der Waals surface area contributed by atoms with E-state index in [-0.39, 0.29) is 5.91 Å². The number of hydrogen-bond acceptors (Lipinski definition) is 3. The molecule has 1 aromatic carbocycles. The van der Waals surface area contributed by atoms with Gasteiger partial charge in [0.2, 0.25) is 0 Å². The van der Waals surface area contributed by atoms with Crippen LogP contribution in [0.1, 0.15) is 15.2 Å². The molecule has 0 aliphatic heterocycles. The van der Waals surface area contributed by atoms with Crippen molar-refractivity contribution < 1.29 is 4.79 Å². The molecule has 0 aliphatic rings. The molecule has 0 spiro atoms. The fraction of sp³-hybridized carbons (Fsp3) is 0.125. The maximum Gasteiger partial charge on any atom is 0.256 e. The van der Waals surface area contributed by atoms with Gasteiger partial charge in [-0.1, -0.05) is 35.9 Å². The summed E-state index contributed by atoms with van der Waals surface area (Å²) in [5.74, 6) is -0.205. The Bertz CT molecular complexity index is 753. The van der Waals surface area contributed by atoms with Crippen molar-refractivity contribution in [3.8, 4) is 5.69 Å². The summed E-state index contributed by atoms with van der Waals surface area (Å²) in [4.78, 5) is 13.4. The normalized spacial score (nSPS) is 10.6. The quantitative estimate of drug-likeness (QED) is 0.777. The summed E-state index contributed by atoms with van der Waals surface area (Å²) in [7, 11) is 0. The van der Waals surface area contributed by atoms with Gasteiger partial charge in [-0.2, -0.15) is 5.10 Å². The molecule has 2 heterocycles. The zero-order chi connectivity index (χ0) is 15.4. The number of halogens is 1. The smallest absolute Gasteiger partial charge is 0.256 e. The van der Waals surface area contributed by atoms with Gasteiger partial charge < -0.3 is 5.32 Å². The average Bonchev–Trinajstić information content (AvgIpc) is 3.18. The van der Waals surface area contributed by atoms with E-state index in [0.717, 1.165) is 12.1 Å².